The van der Waals surface area contributed by atoms with Crippen molar-refractivity contribution < 1.29 is 38.7 Å². The van der Waals surface area contributed by atoms with Crippen LogP contribution < -0.4 is 18.9 Å². The first-order chi connectivity index (χ1) is 24.6. The summed E-state index contributed by atoms with van der Waals surface area (Å²) in [5.74, 6) is -0.0128. The number of carbonyl (C=O) groups is 2. The van der Waals surface area contributed by atoms with Crippen molar-refractivity contribution in [3.05, 3.63) is 92.5 Å². The number of hydrogen-bond acceptors (Lipinski definition) is 10. The molecule has 2 aliphatic heterocycles. The molecule has 0 radical (unpaired) electrons. The predicted octanol–water partition coefficient (Wildman–Crippen LogP) is 6.02. The normalized spacial score (nSPS) is 17.3. The smallest absolute Gasteiger partial charge is 0.320 e. The van der Waals surface area contributed by atoms with Crippen molar-refractivity contribution in [2.45, 2.75) is 65.1 Å². The van der Waals surface area contributed by atoms with Gasteiger partial charge in [0.05, 0.1) is 18.7 Å². The van der Waals surface area contributed by atoms with Crippen LogP contribution in [0, 0.1) is 13.8 Å². The van der Waals surface area contributed by atoms with E-state index in [4.69, 9.17) is 18.9 Å². The van der Waals surface area contributed by atoms with Crippen LogP contribution in [0.5, 0.6) is 23.5 Å². The molecule has 13 heteroatoms. The molecule has 0 bridgehead atoms. The average molecular weight is 762 g/mol. The molecule has 2 saturated heterocycles. The van der Waals surface area contributed by atoms with E-state index in [1.807, 2.05) is 46.2 Å². The summed E-state index contributed by atoms with van der Waals surface area (Å²) >= 11 is 3.59. The molecule has 2 atom stereocenters. The minimum Gasteiger partial charge on any atom is -0.481 e. The molecule has 2 fully saturated rings. The van der Waals surface area contributed by atoms with E-state index in [9.17, 15) is 19.8 Å². The lowest BCUT2D eigenvalue weighted by molar-refractivity contribution is -0.149. The number of aromatic nitrogens is 2. The fourth-order valence-electron chi connectivity index (χ4n) is 6.53. The Labute approximate surface area is 305 Å². The number of hydrogen-bond donors (Lipinski definition) is 2. The summed E-state index contributed by atoms with van der Waals surface area (Å²) in [6, 6.07) is 16.9. The van der Waals surface area contributed by atoms with Crippen molar-refractivity contribution in [2.75, 3.05) is 27.3 Å². The molecular formula is C38H41BrN4O8. The van der Waals surface area contributed by atoms with Gasteiger partial charge >= 0.3 is 11.9 Å². The third-order valence-corrected chi connectivity index (χ3v) is 10.4. The van der Waals surface area contributed by atoms with Gasteiger partial charge in [-0.2, -0.15) is 9.97 Å². The number of rotatable bonds is 15. The molecule has 6 rings (SSSR count). The lowest BCUT2D eigenvalue weighted by Crippen LogP contribution is -2.51. The summed E-state index contributed by atoms with van der Waals surface area (Å²) < 4.78 is 24.1. The highest BCUT2D eigenvalue weighted by Crippen LogP contribution is 2.35. The molecule has 0 amide bonds. The van der Waals surface area contributed by atoms with Crippen LogP contribution in [-0.2, 0) is 35.9 Å². The highest BCUT2D eigenvalue weighted by atomic mass is 79.9. The highest BCUT2D eigenvalue weighted by Gasteiger charge is 2.35. The lowest BCUT2D eigenvalue weighted by Gasteiger charge is -2.38. The minimum atomic E-state index is -0.821. The molecular weight excluding hydrogens is 720 g/mol. The molecule has 268 valence electrons. The first-order valence-corrected chi connectivity index (χ1v) is 17.5. The van der Waals surface area contributed by atoms with E-state index >= 15 is 0 Å². The minimum absolute atomic E-state index is 0.279. The molecule has 4 heterocycles. The van der Waals surface area contributed by atoms with Crippen molar-refractivity contribution in [2.24, 2.45) is 0 Å². The van der Waals surface area contributed by atoms with Gasteiger partial charge in [-0.3, -0.25) is 19.4 Å². The molecule has 0 unspecified atom stereocenters. The number of carboxylic acids is 2. The van der Waals surface area contributed by atoms with Gasteiger partial charge in [-0.15, -0.1) is 0 Å². The lowest BCUT2D eigenvalue weighted by atomic mass is 9.92. The summed E-state index contributed by atoms with van der Waals surface area (Å²) in [5, 5.41) is 18.8. The summed E-state index contributed by atoms with van der Waals surface area (Å²) in [6.07, 6.45) is 1.27. The van der Waals surface area contributed by atoms with Gasteiger partial charge in [0.1, 0.15) is 25.3 Å². The summed E-state index contributed by atoms with van der Waals surface area (Å²) in [4.78, 5) is 35.8. The molecule has 2 N–H and O–H groups in total. The maximum Gasteiger partial charge on any atom is 0.320 e. The van der Waals surface area contributed by atoms with Gasteiger partial charge < -0.3 is 29.2 Å². The highest BCUT2D eigenvalue weighted by molar-refractivity contribution is 9.10. The van der Waals surface area contributed by atoms with Crippen LogP contribution in [0.15, 0.2) is 59.1 Å². The van der Waals surface area contributed by atoms with Crippen molar-refractivity contribution in [3.63, 3.8) is 0 Å². The SMILES string of the molecule is COc1nc(OCc2cccc(-c3cccc(COc4nc(OC)c(CN5CC[C@H]5C(=O)O)cc4Br)c3C)c2C)ccc1CN1CC[C@H]1C(=O)O. The maximum absolute atomic E-state index is 11.5. The fourth-order valence-corrected chi connectivity index (χ4v) is 7.01. The monoisotopic (exact) mass is 760 g/mol. The first kappa shape index (κ1) is 36.1. The molecule has 0 aliphatic carbocycles. The Kier molecular flexibility index (Phi) is 11.1. The van der Waals surface area contributed by atoms with E-state index in [0.717, 1.165) is 51.1 Å². The van der Waals surface area contributed by atoms with Crippen LogP contribution in [0.2, 0.25) is 0 Å². The number of halogens is 1. The van der Waals surface area contributed by atoms with Crippen molar-refractivity contribution in [1.29, 1.82) is 0 Å². The molecule has 2 aromatic carbocycles. The summed E-state index contributed by atoms with van der Waals surface area (Å²) in [5.41, 5.74) is 7.91. The number of aliphatic carboxylic acids is 2. The second-order valence-corrected chi connectivity index (χ2v) is 13.6. The van der Waals surface area contributed by atoms with E-state index in [-0.39, 0.29) is 6.61 Å². The van der Waals surface area contributed by atoms with Crippen LogP contribution in [0.1, 0.15) is 46.2 Å². The second-order valence-electron chi connectivity index (χ2n) is 12.7. The fraction of sp³-hybridized carbons (Fsp3) is 0.368. The maximum atomic E-state index is 11.5. The van der Waals surface area contributed by atoms with Gasteiger partial charge in [0.25, 0.3) is 0 Å². The number of ether oxygens (including phenoxy) is 4. The van der Waals surface area contributed by atoms with Gasteiger partial charge in [-0.05, 0) is 88.1 Å². The van der Waals surface area contributed by atoms with Crippen LogP contribution in [0.3, 0.4) is 0 Å². The third-order valence-electron chi connectivity index (χ3n) is 9.78. The van der Waals surface area contributed by atoms with Crippen LogP contribution in [-0.4, -0.2) is 81.3 Å². The van der Waals surface area contributed by atoms with Gasteiger partial charge in [0, 0.05) is 43.4 Å². The Morgan fingerprint density at radius 2 is 1.25 bits per heavy atom. The second kappa shape index (κ2) is 15.7. The van der Waals surface area contributed by atoms with Crippen LogP contribution >= 0.6 is 15.9 Å². The standard InChI is InChI=1S/C38H41BrN4O8/c1-22-25(20-50-33-12-11-24(34(40-33)48-3)18-42-15-13-31(42)37(44)45)7-5-9-28(22)29-10-6-8-26(23(29)2)21-51-36-30(39)17-27(35(41-36)49-4)19-43-16-14-32(43)38(46)47/h5-12,17,31-32H,13-16,18-21H2,1-4H3,(H,44,45)(H,46,47)/t31-,32-/m0/s1. The van der Waals surface area contributed by atoms with E-state index in [1.165, 1.54) is 0 Å². The molecule has 4 aromatic rings. The predicted molar refractivity (Wildman–Crippen MR) is 192 cm³/mol. The summed E-state index contributed by atoms with van der Waals surface area (Å²) in [6.45, 7) is 7.03. The van der Waals surface area contributed by atoms with Gasteiger partial charge in [0.15, 0.2) is 0 Å². The van der Waals surface area contributed by atoms with Crippen molar-refractivity contribution >= 4 is 27.9 Å². The molecule has 2 aliphatic rings. The molecule has 0 spiro atoms. The zero-order valence-electron chi connectivity index (χ0n) is 29.0. The van der Waals surface area contributed by atoms with Gasteiger partial charge in [-0.25, -0.2) is 0 Å². The summed E-state index contributed by atoms with van der Waals surface area (Å²) in [7, 11) is 3.09. The molecule has 2 aromatic heterocycles. The van der Waals surface area contributed by atoms with Crippen molar-refractivity contribution in [3.8, 4) is 34.6 Å². The number of carboxylic acid groups (broad SMARTS) is 2. The van der Waals surface area contributed by atoms with Crippen molar-refractivity contribution in [1.82, 2.24) is 19.8 Å². The van der Waals surface area contributed by atoms with Gasteiger partial charge in [-0.1, -0.05) is 36.4 Å². The van der Waals surface area contributed by atoms with E-state index < -0.39 is 24.0 Å². The number of likely N-dealkylation sites (tertiary alicyclic amines) is 2. The third kappa shape index (κ3) is 7.80. The Bertz CT molecular complexity index is 1940. The molecule has 51 heavy (non-hydrogen) atoms. The largest absolute Gasteiger partial charge is 0.481 e. The van der Waals surface area contributed by atoms with E-state index in [0.29, 0.717) is 67.1 Å². The quantitative estimate of drug-likeness (QED) is 0.146. The van der Waals surface area contributed by atoms with Gasteiger partial charge in [0.2, 0.25) is 23.5 Å². The Morgan fingerprint density at radius 1 is 0.725 bits per heavy atom. The molecule has 12 nitrogen and oxygen atoms in total. The Hall–Kier alpha value is -4.72. The number of nitrogens with zero attached hydrogens (tertiary/aromatic N) is 4. The number of benzene rings is 2. The number of methoxy groups -OCH3 is 2. The number of pyridine rings is 2. The molecule has 0 saturated carbocycles. The zero-order chi connectivity index (χ0) is 36.2. The Balaban J connectivity index is 1.13. The zero-order valence-corrected chi connectivity index (χ0v) is 30.6. The Morgan fingerprint density at radius 3 is 1.76 bits per heavy atom. The topological polar surface area (TPSA) is 144 Å². The average Bonchev–Trinajstić information content (AvgIpc) is 3.08. The van der Waals surface area contributed by atoms with Crippen LogP contribution in [0.25, 0.3) is 11.1 Å². The van der Waals surface area contributed by atoms with E-state index in [1.54, 1.807) is 20.3 Å². The van der Waals surface area contributed by atoms with E-state index in [2.05, 4.69) is 51.9 Å². The first-order valence-electron chi connectivity index (χ1n) is 16.7. The van der Waals surface area contributed by atoms with Crippen LogP contribution in [0.4, 0.5) is 0 Å².